The zero-order valence-electron chi connectivity index (χ0n) is 22.9. The molecule has 7 heteroatoms. The van der Waals surface area contributed by atoms with Gasteiger partial charge in [-0.3, -0.25) is 4.79 Å². The molecular formula is C30H44O7. The second kappa shape index (κ2) is 8.61. The Morgan fingerprint density at radius 1 is 1.27 bits per heavy atom. The first kappa shape index (κ1) is 26.0. The molecule has 7 nitrogen and oxygen atoms in total. The summed E-state index contributed by atoms with van der Waals surface area (Å²) in [5.41, 5.74) is -2.01. The highest BCUT2D eigenvalue weighted by molar-refractivity contribution is 5.90. The minimum atomic E-state index is -1.28. The van der Waals surface area contributed by atoms with Crippen molar-refractivity contribution < 1.29 is 34.0 Å². The molecule has 13 atom stereocenters. The molecule has 4 unspecified atom stereocenters. The Bertz CT molecular complexity index is 992. The van der Waals surface area contributed by atoms with Gasteiger partial charge in [0.15, 0.2) is 6.29 Å². The summed E-state index contributed by atoms with van der Waals surface area (Å²) in [4.78, 5) is 26.8. The molecule has 4 bridgehead atoms. The molecule has 6 rings (SSSR count). The topological polar surface area (TPSA) is 102 Å². The summed E-state index contributed by atoms with van der Waals surface area (Å²) in [6.07, 6.45) is 5.37. The van der Waals surface area contributed by atoms with Crippen LogP contribution in [0.3, 0.4) is 0 Å². The number of rotatable bonds is 7. The van der Waals surface area contributed by atoms with Crippen molar-refractivity contribution in [1.29, 1.82) is 0 Å². The molecule has 0 aromatic heterocycles. The normalized spacial score (nSPS) is 53.8. The van der Waals surface area contributed by atoms with Gasteiger partial charge in [0, 0.05) is 11.3 Å². The molecule has 2 saturated heterocycles. The van der Waals surface area contributed by atoms with E-state index in [-0.39, 0.29) is 48.4 Å². The lowest BCUT2D eigenvalue weighted by atomic mass is 9.43. The summed E-state index contributed by atoms with van der Waals surface area (Å²) in [6.45, 7) is 11.2. The van der Waals surface area contributed by atoms with Crippen LogP contribution in [0.4, 0.5) is 0 Å². The van der Waals surface area contributed by atoms with Gasteiger partial charge in [-0.2, -0.15) is 0 Å². The molecule has 6 aliphatic rings. The van der Waals surface area contributed by atoms with E-state index < -0.39 is 34.6 Å². The third-order valence-corrected chi connectivity index (χ3v) is 12.1. The van der Waals surface area contributed by atoms with Gasteiger partial charge in [0.2, 0.25) is 0 Å². The van der Waals surface area contributed by atoms with Gasteiger partial charge in [0.25, 0.3) is 0 Å². The van der Waals surface area contributed by atoms with Crippen molar-refractivity contribution >= 4 is 12.3 Å². The number of carboxylic acids is 1. The van der Waals surface area contributed by atoms with Crippen molar-refractivity contribution in [3.05, 3.63) is 11.6 Å². The van der Waals surface area contributed by atoms with E-state index in [0.29, 0.717) is 24.9 Å². The number of carbonyl (C=O) groups excluding carboxylic acids is 1. The highest BCUT2D eigenvalue weighted by Crippen LogP contribution is 2.82. The number of hydrogen-bond donors (Lipinski definition) is 2. The van der Waals surface area contributed by atoms with Crippen LogP contribution in [0.15, 0.2) is 11.6 Å². The second-order valence-corrected chi connectivity index (χ2v) is 13.5. The fourth-order valence-electron chi connectivity index (χ4n) is 10.6. The number of hydrogen-bond acceptors (Lipinski definition) is 6. The molecule has 0 radical (unpaired) electrons. The molecule has 5 fully saturated rings. The summed E-state index contributed by atoms with van der Waals surface area (Å²) < 4.78 is 18.7. The van der Waals surface area contributed by atoms with Crippen LogP contribution in [0.25, 0.3) is 0 Å². The van der Waals surface area contributed by atoms with Crippen LogP contribution in [0.2, 0.25) is 0 Å². The largest absolute Gasteiger partial charge is 0.481 e. The molecule has 2 heterocycles. The van der Waals surface area contributed by atoms with Gasteiger partial charge in [-0.25, -0.2) is 0 Å². The zero-order chi connectivity index (χ0) is 26.5. The van der Waals surface area contributed by atoms with E-state index in [9.17, 15) is 19.8 Å². The highest BCUT2D eigenvalue weighted by Gasteiger charge is 2.84. The minimum Gasteiger partial charge on any atom is -0.481 e. The van der Waals surface area contributed by atoms with Gasteiger partial charge in [-0.05, 0) is 61.7 Å². The van der Waals surface area contributed by atoms with E-state index in [0.717, 1.165) is 37.5 Å². The fourth-order valence-corrected chi connectivity index (χ4v) is 10.6. The Hall–Kier alpha value is -1.28. The van der Waals surface area contributed by atoms with Crippen molar-refractivity contribution in [2.24, 2.45) is 57.7 Å². The number of aliphatic hydroxyl groups excluding tert-OH is 1. The first-order valence-electron chi connectivity index (χ1n) is 14.6. The molecule has 0 spiro atoms. The molecular weight excluding hydrogens is 472 g/mol. The van der Waals surface area contributed by atoms with Crippen LogP contribution in [0, 0.1) is 57.7 Å². The summed E-state index contributed by atoms with van der Waals surface area (Å²) in [7, 11) is 0. The maximum absolute atomic E-state index is 13.6. The first-order chi connectivity index (χ1) is 17.6. The molecule has 206 valence electrons. The second-order valence-electron chi connectivity index (χ2n) is 13.5. The SMILES string of the molecule is CC[C@H]1CO[C@H]2[C@@H]1[C@H](O)[C@H](OCC13C[C@@H]4[C@H](C)CC[C@H]4C4(C=O)CC1C=C(C(C)C)C34C(=O)O)O[C@@H]2C. The summed E-state index contributed by atoms with van der Waals surface area (Å²) in [5.74, 6) is 0.142. The van der Waals surface area contributed by atoms with Crippen LogP contribution in [-0.4, -0.2) is 60.3 Å². The van der Waals surface area contributed by atoms with E-state index >= 15 is 0 Å². The molecule has 3 saturated carbocycles. The lowest BCUT2D eigenvalue weighted by Gasteiger charge is -2.58. The molecule has 2 N–H and O–H groups in total. The molecule has 0 amide bonds. The molecule has 4 aliphatic carbocycles. The van der Waals surface area contributed by atoms with Gasteiger partial charge in [0.05, 0.1) is 30.8 Å². The van der Waals surface area contributed by atoms with Gasteiger partial charge >= 0.3 is 5.97 Å². The van der Waals surface area contributed by atoms with E-state index in [4.69, 9.17) is 14.2 Å². The van der Waals surface area contributed by atoms with Crippen molar-refractivity contribution in [1.82, 2.24) is 0 Å². The minimum absolute atomic E-state index is 0.0220. The Labute approximate surface area is 220 Å². The van der Waals surface area contributed by atoms with E-state index in [1.807, 2.05) is 6.92 Å². The number of aldehydes is 1. The Kier molecular flexibility index (Phi) is 6.04. The average molecular weight is 517 g/mol. The quantitative estimate of drug-likeness (QED) is 0.388. The Morgan fingerprint density at radius 3 is 2.68 bits per heavy atom. The number of aliphatic carboxylic acids is 1. The maximum Gasteiger partial charge on any atom is 0.315 e. The van der Waals surface area contributed by atoms with Crippen LogP contribution in [-0.2, 0) is 23.8 Å². The van der Waals surface area contributed by atoms with Crippen molar-refractivity contribution in [2.45, 2.75) is 91.3 Å². The average Bonchev–Trinajstić information content (AvgIpc) is 3.58. The van der Waals surface area contributed by atoms with Gasteiger partial charge < -0.3 is 29.2 Å². The van der Waals surface area contributed by atoms with Crippen molar-refractivity contribution in [3.8, 4) is 0 Å². The Morgan fingerprint density at radius 2 is 2.03 bits per heavy atom. The van der Waals surface area contributed by atoms with Crippen molar-refractivity contribution in [2.75, 3.05) is 13.2 Å². The summed E-state index contributed by atoms with van der Waals surface area (Å²) in [5, 5.41) is 22.5. The molecule has 0 aromatic carbocycles. The smallest absolute Gasteiger partial charge is 0.315 e. The standard InChI is InChI=1S/C30H44O7/c1-6-18-12-35-25-17(5)37-26(24(32)23(18)25)36-14-29-11-20-16(4)7-8-21(20)28(13-31)10-19(29)9-22(15(2)3)30(28,29)27(33)34/h9,13,15-21,23-26,32H,6-8,10-12,14H2,1-5H3,(H,33,34)/t16-,17-,18+,19?,20-,21-,23+,24+,25-,26-,28?,29?,30?/m1/s1. The van der Waals surface area contributed by atoms with Crippen LogP contribution in [0.1, 0.15) is 66.7 Å². The van der Waals surface area contributed by atoms with E-state index in [1.54, 1.807) is 0 Å². The highest BCUT2D eigenvalue weighted by atomic mass is 16.7. The number of allylic oxidation sites excluding steroid dienone is 1. The lowest BCUT2D eigenvalue weighted by Crippen LogP contribution is -2.64. The van der Waals surface area contributed by atoms with Crippen LogP contribution >= 0.6 is 0 Å². The number of ether oxygens (including phenoxy) is 3. The van der Waals surface area contributed by atoms with Gasteiger partial charge in [0.1, 0.15) is 17.8 Å². The van der Waals surface area contributed by atoms with E-state index in [1.165, 1.54) is 0 Å². The predicted molar refractivity (Wildman–Crippen MR) is 135 cm³/mol. The number of carboxylic acid groups (broad SMARTS) is 1. The number of carbonyl (C=O) groups is 2. The third-order valence-electron chi connectivity index (χ3n) is 12.1. The summed E-state index contributed by atoms with van der Waals surface area (Å²) >= 11 is 0. The molecule has 0 aromatic rings. The number of aliphatic hydroxyl groups is 1. The fraction of sp³-hybridized carbons (Fsp3) is 0.867. The summed E-state index contributed by atoms with van der Waals surface area (Å²) in [6, 6.07) is 0. The number of fused-ring (bicyclic) bond motifs is 3. The first-order valence-corrected chi connectivity index (χ1v) is 14.6. The van der Waals surface area contributed by atoms with Crippen LogP contribution < -0.4 is 0 Å². The van der Waals surface area contributed by atoms with Gasteiger partial charge in [-0.1, -0.05) is 52.2 Å². The third kappa shape index (κ3) is 2.98. The molecule has 2 aliphatic heterocycles. The van der Waals surface area contributed by atoms with Crippen molar-refractivity contribution in [3.63, 3.8) is 0 Å². The molecule has 37 heavy (non-hydrogen) atoms. The maximum atomic E-state index is 13.6. The predicted octanol–water partition coefficient (Wildman–Crippen LogP) is 4.07. The zero-order valence-corrected chi connectivity index (χ0v) is 22.9. The van der Waals surface area contributed by atoms with Gasteiger partial charge in [-0.15, -0.1) is 0 Å². The monoisotopic (exact) mass is 516 g/mol. The van der Waals surface area contributed by atoms with Crippen LogP contribution in [0.5, 0.6) is 0 Å². The lowest BCUT2D eigenvalue weighted by molar-refractivity contribution is -0.289. The van der Waals surface area contributed by atoms with E-state index in [2.05, 4.69) is 33.8 Å². The Balaban J connectivity index is 1.39.